The van der Waals surface area contributed by atoms with Crippen molar-refractivity contribution in [1.29, 1.82) is 0 Å². The number of carbonyl (C=O) groups excluding carboxylic acids is 1. The van der Waals surface area contributed by atoms with Crippen LogP contribution in [0, 0.1) is 0 Å². The van der Waals surface area contributed by atoms with Crippen LogP contribution in [0.3, 0.4) is 0 Å². The number of nitrogens with zero attached hydrogens (tertiary/aromatic N) is 2. The Kier molecular flexibility index (Phi) is 4.13. The molecule has 0 bridgehead atoms. The normalized spacial score (nSPS) is 11.1. The molecule has 1 aromatic carbocycles. The topological polar surface area (TPSA) is 52.1 Å². The number of pyridine rings is 2. The number of fused-ring (bicyclic) bond motifs is 3. The molecule has 0 aliphatic rings. The van der Waals surface area contributed by atoms with Crippen LogP contribution in [0.5, 0.6) is 0 Å². The van der Waals surface area contributed by atoms with Gasteiger partial charge in [0, 0.05) is 34.7 Å². The molecule has 2 heterocycles. The number of hydrogen-bond donors (Lipinski definition) is 0. The molecule has 0 aliphatic carbocycles. The summed E-state index contributed by atoms with van der Waals surface area (Å²) in [6, 6.07) is 9.79. The molecule has 0 amide bonds. The van der Waals surface area contributed by atoms with Crippen LogP contribution in [0.4, 0.5) is 0 Å². The summed E-state index contributed by atoms with van der Waals surface area (Å²) in [6.45, 7) is 0.663. The van der Waals surface area contributed by atoms with Crippen molar-refractivity contribution in [2.45, 2.75) is 4.90 Å². The van der Waals surface area contributed by atoms with Gasteiger partial charge in [-0.1, -0.05) is 18.2 Å². The van der Waals surface area contributed by atoms with Gasteiger partial charge in [-0.05, 0) is 12.1 Å². The van der Waals surface area contributed by atoms with Crippen molar-refractivity contribution < 1.29 is 9.53 Å². The quantitative estimate of drug-likeness (QED) is 0.313. The fourth-order valence-electron chi connectivity index (χ4n) is 2.23. The summed E-state index contributed by atoms with van der Waals surface area (Å²) in [5.74, 6) is 0.828. The van der Waals surface area contributed by atoms with Crippen molar-refractivity contribution in [3.63, 3.8) is 0 Å². The summed E-state index contributed by atoms with van der Waals surface area (Å²) < 4.78 is 5.08. The van der Waals surface area contributed by atoms with Crippen molar-refractivity contribution in [2.75, 3.05) is 19.5 Å². The molecule has 0 N–H and O–H groups in total. The molecule has 0 spiro atoms. The van der Waals surface area contributed by atoms with Crippen LogP contribution < -0.4 is 0 Å². The number of benzene rings is 1. The maximum atomic E-state index is 11.2. The van der Waals surface area contributed by atoms with Crippen LogP contribution >= 0.6 is 11.8 Å². The van der Waals surface area contributed by atoms with Gasteiger partial charge in [-0.15, -0.1) is 11.8 Å². The summed E-state index contributed by atoms with van der Waals surface area (Å²) in [6.07, 6.45) is 2.52. The van der Waals surface area contributed by atoms with Gasteiger partial charge in [0.2, 0.25) is 0 Å². The van der Waals surface area contributed by atoms with E-state index in [0.29, 0.717) is 12.3 Å². The second-order valence-electron chi connectivity index (χ2n) is 4.54. The second-order valence-corrected chi connectivity index (χ2v) is 5.68. The zero-order chi connectivity index (χ0) is 14.7. The maximum absolute atomic E-state index is 11.2. The Balaban J connectivity index is 2.21. The zero-order valence-corrected chi connectivity index (χ0v) is 12.4. The van der Waals surface area contributed by atoms with Crippen LogP contribution in [0.15, 0.2) is 41.4 Å². The van der Waals surface area contributed by atoms with E-state index >= 15 is 0 Å². The van der Waals surface area contributed by atoms with Gasteiger partial charge in [-0.3, -0.25) is 9.78 Å². The third-order valence-corrected chi connectivity index (χ3v) is 4.22. The predicted molar refractivity (Wildman–Crippen MR) is 85.0 cm³/mol. The Morgan fingerprint density at radius 1 is 1.29 bits per heavy atom. The molecule has 0 saturated carbocycles. The van der Waals surface area contributed by atoms with Crippen LogP contribution in [0.2, 0.25) is 0 Å². The average Bonchev–Trinajstić information content (AvgIpc) is 2.54. The van der Waals surface area contributed by atoms with E-state index in [1.54, 1.807) is 25.1 Å². The minimum absolute atomic E-state index is 0.431. The van der Waals surface area contributed by atoms with Gasteiger partial charge in [0.1, 0.15) is 5.69 Å². The van der Waals surface area contributed by atoms with Crippen molar-refractivity contribution in [3.8, 4) is 0 Å². The molecule has 0 aliphatic heterocycles. The first-order valence-electron chi connectivity index (χ1n) is 6.59. The summed E-state index contributed by atoms with van der Waals surface area (Å²) >= 11 is 1.66. The molecule has 3 aromatic rings. The molecule has 21 heavy (non-hydrogen) atoms. The first-order valence-corrected chi connectivity index (χ1v) is 7.57. The van der Waals surface area contributed by atoms with Crippen molar-refractivity contribution in [2.24, 2.45) is 0 Å². The molecular formula is C16H14N2O2S. The van der Waals surface area contributed by atoms with E-state index in [0.717, 1.165) is 38.7 Å². The number of rotatable bonds is 5. The third kappa shape index (κ3) is 2.75. The van der Waals surface area contributed by atoms with Gasteiger partial charge in [0.15, 0.2) is 6.29 Å². The van der Waals surface area contributed by atoms with Gasteiger partial charge >= 0.3 is 0 Å². The molecule has 5 heteroatoms. The first kappa shape index (κ1) is 14.0. The predicted octanol–water partition coefficient (Wildman–Crippen LogP) is 3.33. The van der Waals surface area contributed by atoms with Gasteiger partial charge in [0.05, 0.1) is 17.6 Å². The smallest absolute Gasteiger partial charge is 0.168 e. The highest BCUT2D eigenvalue weighted by molar-refractivity contribution is 7.99. The fraction of sp³-hybridized carbons (Fsp3) is 0.188. The van der Waals surface area contributed by atoms with E-state index in [2.05, 4.69) is 9.97 Å². The number of carbonyl (C=O) groups is 1. The number of aromatic nitrogens is 2. The lowest BCUT2D eigenvalue weighted by atomic mass is 10.1. The molecule has 0 saturated heterocycles. The molecule has 2 aromatic heterocycles. The van der Waals surface area contributed by atoms with Crippen LogP contribution in [-0.2, 0) is 4.74 Å². The lowest BCUT2D eigenvalue weighted by Gasteiger charge is -2.09. The van der Waals surface area contributed by atoms with Crippen molar-refractivity contribution >= 4 is 39.9 Å². The molecular weight excluding hydrogens is 284 g/mol. The molecule has 4 nitrogen and oxygen atoms in total. The maximum Gasteiger partial charge on any atom is 0.168 e. The minimum atomic E-state index is 0.431. The monoisotopic (exact) mass is 298 g/mol. The summed E-state index contributed by atoms with van der Waals surface area (Å²) in [4.78, 5) is 21.0. The Morgan fingerprint density at radius 3 is 3.00 bits per heavy atom. The highest BCUT2D eigenvalue weighted by Gasteiger charge is 2.10. The third-order valence-electron chi connectivity index (χ3n) is 3.20. The Labute approximate surface area is 126 Å². The summed E-state index contributed by atoms with van der Waals surface area (Å²) in [7, 11) is 1.68. The van der Waals surface area contributed by atoms with Gasteiger partial charge in [-0.25, -0.2) is 4.98 Å². The molecule has 3 rings (SSSR count). The number of thioether (sulfide) groups is 1. The number of hydrogen-bond acceptors (Lipinski definition) is 5. The van der Waals surface area contributed by atoms with E-state index in [9.17, 15) is 4.79 Å². The first-order chi connectivity index (χ1) is 10.3. The Hall–Kier alpha value is -1.98. The number of methoxy groups -OCH3 is 1. The molecule has 0 unspecified atom stereocenters. The minimum Gasteiger partial charge on any atom is -0.384 e. The lowest BCUT2D eigenvalue weighted by Crippen LogP contribution is -1.95. The molecule has 0 atom stereocenters. The van der Waals surface area contributed by atoms with Gasteiger partial charge < -0.3 is 4.74 Å². The van der Waals surface area contributed by atoms with Crippen LogP contribution in [-0.4, -0.2) is 35.7 Å². The lowest BCUT2D eigenvalue weighted by molar-refractivity contribution is 0.111. The van der Waals surface area contributed by atoms with Crippen molar-refractivity contribution in [3.05, 3.63) is 42.2 Å². The van der Waals surface area contributed by atoms with Crippen molar-refractivity contribution in [1.82, 2.24) is 9.97 Å². The van der Waals surface area contributed by atoms with Crippen LogP contribution in [0.25, 0.3) is 21.8 Å². The van der Waals surface area contributed by atoms with Crippen LogP contribution in [0.1, 0.15) is 10.5 Å². The SMILES string of the molecule is COCCSc1cc(C=O)nc2c1ccc1cccnc12. The van der Waals surface area contributed by atoms with E-state index in [4.69, 9.17) is 4.74 Å². The van der Waals surface area contributed by atoms with E-state index in [1.807, 2.05) is 30.3 Å². The number of aldehydes is 1. The Morgan fingerprint density at radius 2 is 2.19 bits per heavy atom. The summed E-state index contributed by atoms with van der Waals surface area (Å²) in [5.41, 5.74) is 2.03. The van der Waals surface area contributed by atoms with E-state index in [1.165, 1.54) is 0 Å². The highest BCUT2D eigenvalue weighted by atomic mass is 32.2. The largest absolute Gasteiger partial charge is 0.384 e. The van der Waals surface area contributed by atoms with Gasteiger partial charge in [-0.2, -0.15) is 0 Å². The fourth-order valence-corrected chi connectivity index (χ4v) is 3.22. The molecule has 0 radical (unpaired) electrons. The highest BCUT2D eigenvalue weighted by Crippen LogP contribution is 2.31. The van der Waals surface area contributed by atoms with E-state index in [-0.39, 0.29) is 0 Å². The van der Waals surface area contributed by atoms with Gasteiger partial charge in [0.25, 0.3) is 0 Å². The average molecular weight is 298 g/mol. The van der Waals surface area contributed by atoms with E-state index < -0.39 is 0 Å². The summed E-state index contributed by atoms with van der Waals surface area (Å²) in [5, 5.41) is 2.04. The molecule has 106 valence electrons. The second kappa shape index (κ2) is 6.20. The standard InChI is InChI=1S/C16H14N2O2S/c1-20-7-8-21-14-9-12(10-19)18-16-13(14)5-4-11-3-2-6-17-15(11)16/h2-6,9-10H,7-8H2,1H3. The molecule has 0 fully saturated rings. The zero-order valence-electron chi connectivity index (χ0n) is 11.6. The Bertz CT molecular complexity index is 805. The number of ether oxygens (including phenoxy) is 1.